The lowest BCUT2D eigenvalue weighted by Crippen LogP contribution is -2.45. The summed E-state index contributed by atoms with van der Waals surface area (Å²) in [5, 5.41) is 3.36. The van der Waals surface area contributed by atoms with E-state index in [1.807, 2.05) is 12.1 Å². The fourth-order valence-electron chi connectivity index (χ4n) is 2.77. The Morgan fingerprint density at radius 3 is 2.55 bits per heavy atom. The third-order valence-electron chi connectivity index (χ3n) is 3.75. The largest absolute Gasteiger partial charge is 0.314 e. The lowest BCUT2D eigenvalue weighted by Gasteiger charge is -2.34. The van der Waals surface area contributed by atoms with Crippen molar-refractivity contribution >= 4 is 11.3 Å². The fourth-order valence-corrected chi connectivity index (χ4v) is 3.80. The zero-order chi connectivity index (χ0) is 13.9. The molecule has 20 heavy (non-hydrogen) atoms. The summed E-state index contributed by atoms with van der Waals surface area (Å²) < 4.78 is 14.2. The summed E-state index contributed by atoms with van der Waals surface area (Å²) in [5.74, 6) is -0.109. The number of nitrogens with zero attached hydrogens (tertiary/aromatic N) is 1. The number of thiophene rings is 1. The van der Waals surface area contributed by atoms with Gasteiger partial charge < -0.3 is 5.32 Å². The molecular formula is C16H19FN2S. The third kappa shape index (κ3) is 2.77. The molecule has 2 heterocycles. The lowest BCUT2D eigenvalue weighted by molar-refractivity contribution is 0.197. The van der Waals surface area contributed by atoms with Crippen molar-refractivity contribution in [3.8, 4) is 0 Å². The molecule has 1 aromatic carbocycles. The van der Waals surface area contributed by atoms with Gasteiger partial charge in [0.05, 0.1) is 6.04 Å². The summed E-state index contributed by atoms with van der Waals surface area (Å²) in [4.78, 5) is 4.88. The molecule has 1 fully saturated rings. The van der Waals surface area contributed by atoms with Gasteiger partial charge in [-0.3, -0.25) is 4.90 Å². The van der Waals surface area contributed by atoms with Crippen molar-refractivity contribution in [1.29, 1.82) is 0 Å². The molecular weight excluding hydrogens is 271 g/mol. The van der Waals surface area contributed by atoms with Crippen molar-refractivity contribution in [2.24, 2.45) is 0 Å². The summed E-state index contributed by atoms with van der Waals surface area (Å²) >= 11 is 1.76. The molecule has 4 heteroatoms. The average molecular weight is 290 g/mol. The molecule has 3 rings (SSSR count). The second kappa shape index (κ2) is 6.04. The highest BCUT2D eigenvalue weighted by Crippen LogP contribution is 2.34. The molecule has 0 spiro atoms. The van der Waals surface area contributed by atoms with Gasteiger partial charge in [-0.15, -0.1) is 11.3 Å². The molecule has 0 radical (unpaired) electrons. The number of hydrogen-bond acceptors (Lipinski definition) is 3. The number of piperazine rings is 1. The van der Waals surface area contributed by atoms with Crippen LogP contribution in [0.25, 0.3) is 0 Å². The van der Waals surface area contributed by atoms with E-state index in [0.717, 1.165) is 31.7 Å². The molecule has 1 aliphatic rings. The minimum absolute atomic E-state index is 0.0389. The van der Waals surface area contributed by atoms with E-state index in [2.05, 4.69) is 29.3 Å². The van der Waals surface area contributed by atoms with E-state index in [9.17, 15) is 4.39 Å². The van der Waals surface area contributed by atoms with E-state index in [1.165, 1.54) is 9.75 Å². The predicted molar refractivity (Wildman–Crippen MR) is 81.7 cm³/mol. The average Bonchev–Trinajstić information content (AvgIpc) is 2.89. The van der Waals surface area contributed by atoms with E-state index < -0.39 is 0 Å². The number of aryl methyl sites for hydroxylation is 1. The molecule has 1 saturated heterocycles. The normalized spacial score (nSPS) is 18.1. The van der Waals surface area contributed by atoms with Gasteiger partial charge in [-0.25, -0.2) is 4.39 Å². The van der Waals surface area contributed by atoms with Crippen LogP contribution in [0.2, 0.25) is 0 Å². The summed E-state index contributed by atoms with van der Waals surface area (Å²) in [6.45, 7) is 5.95. The number of benzene rings is 1. The predicted octanol–water partition coefficient (Wildman–Crippen LogP) is 3.19. The van der Waals surface area contributed by atoms with Gasteiger partial charge >= 0.3 is 0 Å². The maximum absolute atomic E-state index is 14.2. The van der Waals surface area contributed by atoms with Crippen LogP contribution in [0.3, 0.4) is 0 Å². The zero-order valence-electron chi connectivity index (χ0n) is 11.6. The van der Waals surface area contributed by atoms with E-state index in [4.69, 9.17) is 0 Å². The molecule has 1 aromatic heterocycles. The van der Waals surface area contributed by atoms with Crippen molar-refractivity contribution in [2.75, 3.05) is 26.2 Å². The van der Waals surface area contributed by atoms with Gasteiger partial charge in [-0.2, -0.15) is 0 Å². The highest BCUT2D eigenvalue weighted by molar-refractivity contribution is 7.12. The first-order valence-corrected chi connectivity index (χ1v) is 7.83. The molecule has 1 N–H and O–H groups in total. The van der Waals surface area contributed by atoms with E-state index in [-0.39, 0.29) is 11.9 Å². The fraction of sp³-hybridized carbons (Fsp3) is 0.375. The second-order valence-corrected chi connectivity index (χ2v) is 6.48. The molecule has 1 unspecified atom stereocenters. The first-order chi connectivity index (χ1) is 9.75. The zero-order valence-corrected chi connectivity index (χ0v) is 12.4. The Labute approximate surface area is 123 Å². The lowest BCUT2D eigenvalue weighted by atomic mass is 10.0. The SMILES string of the molecule is Cc1ccc(C(c2ccccc2F)N2CCNCC2)s1. The van der Waals surface area contributed by atoms with E-state index in [0.29, 0.717) is 0 Å². The van der Waals surface area contributed by atoms with Gasteiger partial charge in [-0.05, 0) is 25.1 Å². The Bertz CT molecular complexity index is 575. The van der Waals surface area contributed by atoms with Crippen molar-refractivity contribution in [3.05, 3.63) is 57.5 Å². The number of nitrogens with one attached hydrogen (secondary N) is 1. The van der Waals surface area contributed by atoms with Crippen LogP contribution < -0.4 is 5.32 Å². The minimum Gasteiger partial charge on any atom is -0.314 e. The quantitative estimate of drug-likeness (QED) is 0.934. The van der Waals surface area contributed by atoms with E-state index in [1.54, 1.807) is 23.5 Å². The Morgan fingerprint density at radius 1 is 1.15 bits per heavy atom. The van der Waals surface area contributed by atoms with Crippen LogP contribution in [0.5, 0.6) is 0 Å². The molecule has 1 atom stereocenters. The van der Waals surface area contributed by atoms with Crippen LogP contribution in [0.4, 0.5) is 4.39 Å². The van der Waals surface area contributed by atoms with Gasteiger partial charge in [0.1, 0.15) is 5.82 Å². The summed E-state index contributed by atoms with van der Waals surface area (Å²) in [7, 11) is 0. The van der Waals surface area contributed by atoms with E-state index >= 15 is 0 Å². The standard InChI is InChI=1S/C16H19FN2S/c1-12-6-7-15(20-12)16(19-10-8-18-9-11-19)13-4-2-3-5-14(13)17/h2-7,16,18H,8-11H2,1H3. The summed E-state index contributed by atoms with van der Waals surface area (Å²) in [5.41, 5.74) is 0.788. The maximum Gasteiger partial charge on any atom is 0.128 e. The van der Waals surface area contributed by atoms with Gasteiger partial charge in [0.2, 0.25) is 0 Å². The molecule has 1 aliphatic heterocycles. The van der Waals surface area contributed by atoms with Gasteiger partial charge in [0, 0.05) is 41.5 Å². The summed E-state index contributed by atoms with van der Waals surface area (Å²) in [6.07, 6.45) is 0. The Morgan fingerprint density at radius 2 is 1.90 bits per heavy atom. The molecule has 106 valence electrons. The van der Waals surface area contributed by atoms with Crippen LogP contribution in [-0.4, -0.2) is 31.1 Å². The van der Waals surface area contributed by atoms with Gasteiger partial charge in [-0.1, -0.05) is 18.2 Å². The topological polar surface area (TPSA) is 15.3 Å². The molecule has 2 aromatic rings. The van der Waals surface area contributed by atoms with Crippen LogP contribution in [-0.2, 0) is 0 Å². The molecule has 0 aliphatic carbocycles. The highest BCUT2D eigenvalue weighted by atomic mass is 32.1. The number of halogens is 1. The molecule has 0 amide bonds. The number of hydrogen-bond donors (Lipinski definition) is 1. The minimum atomic E-state index is -0.109. The third-order valence-corrected chi connectivity index (χ3v) is 4.80. The smallest absolute Gasteiger partial charge is 0.128 e. The van der Waals surface area contributed by atoms with Crippen LogP contribution in [0, 0.1) is 12.7 Å². The molecule has 2 nitrogen and oxygen atoms in total. The molecule has 0 bridgehead atoms. The van der Waals surface area contributed by atoms with Gasteiger partial charge in [0.25, 0.3) is 0 Å². The Kier molecular flexibility index (Phi) is 4.15. The van der Waals surface area contributed by atoms with Crippen LogP contribution in [0.1, 0.15) is 21.4 Å². The van der Waals surface area contributed by atoms with Crippen molar-refractivity contribution in [2.45, 2.75) is 13.0 Å². The monoisotopic (exact) mass is 290 g/mol. The summed E-state index contributed by atoms with van der Waals surface area (Å²) in [6, 6.07) is 11.5. The maximum atomic E-state index is 14.2. The van der Waals surface area contributed by atoms with Crippen molar-refractivity contribution in [3.63, 3.8) is 0 Å². The van der Waals surface area contributed by atoms with Gasteiger partial charge in [0.15, 0.2) is 0 Å². The van der Waals surface area contributed by atoms with Crippen molar-refractivity contribution < 1.29 is 4.39 Å². The number of rotatable bonds is 3. The first kappa shape index (κ1) is 13.7. The Hall–Kier alpha value is -1.23. The van der Waals surface area contributed by atoms with Crippen LogP contribution >= 0.6 is 11.3 Å². The highest BCUT2D eigenvalue weighted by Gasteiger charge is 2.26. The van der Waals surface area contributed by atoms with Crippen molar-refractivity contribution in [1.82, 2.24) is 10.2 Å². The molecule has 0 saturated carbocycles. The first-order valence-electron chi connectivity index (χ1n) is 7.01. The Balaban J connectivity index is 2.01. The van der Waals surface area contributed by atoms with Crippen LogP contribution in [0.15, 0.2) is 36.4 Å². The second-order valence-electron chi connectivity index (χ2n) is 5.16.